The summed E-state index contributed by atoms with van der Waals surface area (Å²) in [5.41, 5.74) is 1.01. The molecule has 2 aromatic carbocycles. The van der Waals surface area contributed by atoms with Gasteiger partial charge in [0.1, 0.15) is 5.76 Å². The average Bonchev–Trinajstić information content (AvgIpc) is 3.50. The second-order valence-electron chi connectivity index (χ2n) is 8.98. The number of carbonyl (C=O) groups excluding carboxylic acids is 2. The molecule has 3 aliphatic heterocycles. The maximum Gasteiger partial charge on any atom is 0.295 e. The third-order valence-electron chi connectivity index (χ3n) is 6.89. The Balaban J connectivity index is 1.52. The monoisotopic (exact) mass is 510 g/mol. The predicted molar refractivity (Wildman–Crippen MR) is 133 cm³/mol. The summed E-state index contributed by atoms with van der Waals surface area (Å²) in [5, 5.41) is 11.4. The molecule has 10 heteroatoms. The van der Waals surface area contributed by atoms with Crippen molar-refractivity contribution in [1.29, 1.82) is 0 Å². The highest BCUT2D eigenvalue weighted by atomic mass is 16.7. The molecule has 2 aromatic rings. The summed E-state index contributed by atoms with van der Waals surface area (Å²) >= 11 is 0. The molecule has 1 amide bonds. The van der Waals surface area contributed by atoms with Gasteiger partial charge in [-0.3, -0.25) is 14.5 Å². The van der Waals surface area contributed by atoms with Crippen LogP contribution in [0.2, 0.25) is 0 Å². The van der Waals surface area contributed by atoms with Gasteiger partial charge >= 0.3 is 0 Å². The molecule has 2 fully saturated rings. The van der Waals surface area contributed by atoms with E-state index in [9.17, 15) is 14.7 Å². The highest BCUT2D eigenvalue weighted by Gasteiger charge is 2.46. The number of amides is 1. The summed E-state index contributed by atoms with van der Waals surface area (Å²) in [7, 11) is 3.06. The molecular weight excluding hydrogens is 480 g/mol. The Kier molecular flexibility index (Phi) is 7.20. The minimum Gasteiger partial charge on any atom is -0.507 e. The van der Waals surface area contributed by atoms with Gasteiger partial charge < -0.3 is 33.7 Å². The Bertz CT molecular complexity index is 1220. The van der Waals surface area contributed by atoms with Crippen molar-refractivity contribution in [2.45, 2.75) is 12.5 Å². The second-order valence-corrected chi connectivity index (χ2v) is 8.98. The highest BCUT2D eigenvalue weighted by molar-refractivity contribution is 6.46. The molecular formula is C27H30N2O8. The molecule has 1 atom stereocenters. The minimum absolute atomic E-state index is 0.0162. The summed E-state index contributed by atoms with van der Waals surface area (Å²) in [6.45, 7) is 4.24. The van der Waals surface area contributed by atoms with E-state index in [4.69, 9.17) is 23.7 Å². The van der Waals surface area contributed by atoms with Gasteiger partial charge in [-0.15, -0.1) is 0 Å². The number of fused-ring (bicyclic) bond motifs is 1. The molecule has 3 heterocycles. The van der Waals surface area contributed by atoms with Gasteiger partial charge in [-0.1, -0.05) is 6.07 Å². The normalized spacial score (nSPS) is 20.9. The summed E-state index contributed by atoms with van der Waals surface area (Å²) in [4.78, 5) is 30.4. The first-order chi connectivity index (χ1) is 18.0. The zero-order chi connectivity index (χ0) is 25.9. The van der Waals surface area contributed by atoms with Crippen molar-refractivity contribution in [2.75, 3.05) is 60.4 Å². The van der Waals surface area contributed by atoms with Crippen LogP contribution in [0.1, 0.15) is 23.6 Å². The van der Waals surface area contributed by atoms with Crippen LogP contribution in [0.5, 0.6) is 23.0 Å². The fourth-order valence-electron chi connectivity index (χ4n) is 4.97. The van der Waals surface area contributed by atoms with E-state index in [1.165, 1.54) is 19.1 Å². The van der Waals surface area contributed by atoms with Gasteiger partial charge in [0.25, 0.3) is 11.7 Å². The molecule has 0 aliphatic carbocycles. The molecule has 0 saturated carbocycles. The van der Waals surface area contributed by atoms with E-state index in [1.54, 1.807) is 36.4 Å². The van der Waals surface area contributed by atoms with Crippen LogP contribution in [0.25, 0.3) is 5.76 Å². The van der Waals surface area contributed by atoms with Crippen LogP contribution < -0.4 is 18.9 Å². The van der Waals surface area contributed by atoms with Crippen molar-refractivity contribution >= 4 is 17.4 Å². The SMILES string of the molecule is COc1ccc(C2C(=C(O)c3ccc4c(c3)OCO4)C(=O)C(=O)N2CCCN2CCOCC2)cc1OC. The first-order valence-corrected chi connectivity index (χ1v) is 12.2. The molecule has 2 saturated heterocycles. The lowest BCUT2D eigenvalue weighted by Crippen LogP contribution is -2.38. The van der Waals surface area contributed by atoms with Crippen molar-refractivity contribution < 1.29 is 38.4 Å². The number of hydrogen-bond acceptors (Lipinski definition) is 9. The van der Waals surface area contributed by atoms with Crippen LogP contribution in [0.3, 0.4) is 0 Å². The van der Waals surface area contributed by atoms with Crippen LogP contribution in [0.4, 0.5) is 0 Å². The maximum atomic E-state index is 13.3. The number of Topliss-reactive ketones (excluding diaryl/α,β-unsaturated/α-hetero) is 1. The number of rotatable bonds is 8. The molecule has 0 radical (unpaired) electrons. The molecule has 196 valence electrons. The van der Waals surface area contributed by atoms with Gasteiger partial charge in [0.05, 0.1) is 39.0 Å². The summed E-state index contributed by atoms with van der Waals surface area (Å²) in [6.07, 6.45) is 0.668. The van der Waals surface area contributed by atoms with E-state index in [1.807, 2.05) is 0 Å². The lowest BCUT2D eigenvalue weighted by molar-refractivity contribution is -0.140. The first kappa shape index (κ1) is 24.9. The first-order valence-electron chi connectivity index (χ1n) is 12.2. The van der Waals surface area contributed by atoms with E-state index >= 15 is 0 Å². The van der Waals surface area contributed by atoms with Crippen LogP contribution in [0.15, 0.2) is 42.0 Å². The Morgan fingerprint density at radius 1 is 0.973 bits per heavy atom. The number of carbonyl (C=O) groups is 2. The third kappa shape index (κ3) is 4.82. The van der Waals surface area contributed by atoms with Crippen LogP contribution in [0, 0.1) is 0 Å². The molecule has 1 N–H and O–H groups in total. The number of ether oxygens (including phenoxy) is 5. The van der Waals surface area contributed by atoms with E-state index in [-0.39, 0.29) is 18.1 Å². The number of aliphatic hydroxyl groups excluding tert-OH is 1. The summed E-state index contributed by atoms with van der Waals surface area (Å²) < 4.78 is 27.1. The number of morpholine rings is 1. The van der Waals surface area contributed by atoms with Crippen molar-refractivity contribution in [3.63, 3.8) is 0 Å². The number of hydrogen-bond donors (Lipinski definition) is 1. The standard InChI is InChI=1S/C27H30N2O8/c1-33-19-6-4-17(14-21(19)34-2)24-23(25(30)18-5-7-20-22(15-18)37-16-36-20)26(31)27(32)29(24)9-3-8-28-10-12-35-13-11-28/h4-7,14-15,24,30H,3,8-13,16H2,1-2H3. The van der Waals surface area contributed by atoms with Crippen molar-refractivity contribution in [3.05, 3.63) is 53.1 Å². The smallest absolute Gasteiger partial charge is 0.295 e. The second kappa shape index (κ2) is 10.7. The molecule has 37 heavy (non-hydrogen) atoms. The van der Waals surface area contributed by atoms with Gasteiger partial charge in [0.15, 0.2) is 23.0 Å². The number of likely N-dealkylation sites (tertiary alicyclic amines) is 1. The molecule has 10 nitrogen and oxygen atoms in total. The lowest BCUT2D eigenvalue weighted by Gasteiger charge is -2.29. The van der Waals surface area contributed by atoms with Gasteiger partial charge in [-0.25, -0.2) is 0 Å². The number of aliphatic hydroxyl groups is 1. The molecule has 0 spiro atoms. The fraction of sp³-hybridized carbons (Fsp3) is 0.407. The Labute approximate surface area is 214 Å². The van der Waals surface area contributed by atoms with Crippen molar-refractivity contribution in [3.8, 4) is 23.0 Å². The number of benzene rings is 2. The van der Waals surface area contributed by atoms with E-state index in [0.29, 0.717) is 60.3 Å². The van der Waals surface area contributed by atoms with E-state index < -0.39 is 17.7 Å². The van der Waals surface area contributed by atoms with Gasteiger partial charge in [0.2, 0.25) is 6.79 Å². The van der Waals surface area contributed by atoms with Crippen LogP contribution in [-0.2, 0) is 14.3 Å². The van der Waals surface area contributed by atoms with Crippen LogP contribution >= 0.6 is 0 Å². The summed E-state index contributed by atoms with van der Waals surface area (Å²) in [5.74, 6) is 0.341. The third-order valence-corrected chi connectivity index (χ3v) is 6.89. The zero-order valence-corrected chi connectivity index (χ0v) is 20.9. The minimum atomic E-state index is -0.796. The molecule has 0 aromatic heterocycles. The molecule has 1 unspecified atom stereocenters. The van der Waals surface area contributed by atoms with E-state index in [0.717, 1.165) is 19.6 Å². The topological polar surface area (TPSA) is 107 Å². The van der Waals surface area contributed by atoms with Crippen molar-refractivity contribution in [2.24, 2.45) is 0 Å². The maximum absolute atomic E-state index is 13.3. The quantitative estimate of drug-likeness (QED) is 0.326. The zero-order valence-electron chi connectivity index (χ0n) is 20.9. The Morgan fingerprint density at radius 2 is 1.73 bits per heavy atom. The molecule has 5 rings (SSSR count). The molecule has 0 bridgehead atoms. The number of nitrogens with zero attached hydrogens (tertiary/aromatic N) is 2. The summed E-state index contributed by atoms with van der Waals surface area (Å²) in [6, 6.07) is 9.35. The number of ketones is 1. The van der Waals surface area contributed by atoms with Crippen LogP contribution in [-0.4, -0.2) is 87.0 Å². The van der Waals surface area contributed by atoms with E-state index in [2.05, 4.69) is 4.90 Å². The predicted octanol–water partition coefficient (Wildman–Crippen LogP) is 2.58. The Hall–Kier alpha value is -3.76. The lowest BCUT2D eigenvalue weighted by atomic mass is 9.94. The Morgan fingerprint density at radius 3 is 2.49 bits per heavy atom. The number of methoxy groups -OCH3 is 2. The van der Waals surface area contributed by atoms with Gasteiger partial charge in [-0.05, 0) is 42.3 Å². The fourth-order valence-corrected chi connectivity index (χ4v) is 4.97. The van der Waals surface area contributed by atoms with Gasteiger partial charge in [-0.2, -0.15) is 0 Å². The molecule has 3 aliphatic rings. The average molecular weight is 511 g/mol. The van der Waals surface area contributed by atoms with Gasteiger partial charge in [0, 0.05) is 31.7 Å². The van der Waals surface area contributed by atoms with Crippen molar-refractivity contribution in [1.82, 2.24) is 9.80 Å². The largest absolute Gasteiger partial charge is 0.507 e. The highest BCUT2D eigenvalue weighted by Crippen LogP contribution is 2.43.